The summed E-state index contributed by atoms with van der Waals surface area (Å²) >= 11 is 0. The van der Waals surface area contributed by atoms with Crippen molar-refractivity contribution < 1.29 is 9.47 Å². The van der Waals surface area contributed by atoms with E-state index in [0.717, 1.165) is 53.8 Å². The van der Waals surface area contributed by atoms with Gasteiger partial charge in [-0.15, -0.1) is 5.10 Å². The van der Waals surface area contributed by atoms with Gasteiger partial charge < -0.3 is 14.5 Å². The van der Waals surface area contributed by atoms with Crippen molar-refractivity contribution >= 4 is 10.9 Å². The van der Waals surface area contributed by atoms with Crippen molar-refractivity contribution in [3.63, 3.8) is 0 Å². The summed E-state index contributed by atoms with van der Waals surface area (Å²) in [6, 6.07) is 8.02. The molecule has 0 bridgehead atoms. The van der Waals surface area contributed by atoms with E-state index in [4.69, 9.17) is 9.47 Å². The maximum Gasteiger partial charge on any atom is 0.252 e. The van der Waals surface area contributed by atoms with E-state index < -0.39 is 0 Å². The van der Waals surface area contributed by atoms with Gasteiger partial charge in [0.1, 0.15) is 0 Å². The summed E-state index contributed by atoms with van der Waals surface area (Å²) in [4.78, 5) is 17.9. The number of rotatable bonds is 9. The maximum absolute atomic E-state index is 12.7. The van der Waals surface area contributed by atoms with Gasteiger partial charge in [-0.3, -0.25) is 9.69 Å². The number of nitrogens with one attached hydrogen (secondary N) is 1. The molecule has 0 saturated carbocycles. The van der Waals surface area contributed by atoms with E-state index in [1.165, 1.54) is 0 Å². The minimum Gasteiger partial charge on any atom is -0.383 e. The fraction of sp³-hybridized carbons (Fsp3) is 0.524. The van der Waals surface area contributed by atoms with Crippen LogP contribution >= 0.6 is 0 Å². The van der Waals surface area contributed by atoms with Crippen molar-refractivity contribution in [2.24, 2.45) is 0 Å². The number of fused-ring (bicyclic) bond motifs is 1. The number of ether oxygens (including phenoxy) is 2. The summed E-state index contributed by atoms with van der Waals surface area (Å²) in [5, 5.41) is 13.1. The minimum absolute atomic E-state index is 0.0670. The summed E-state index contributed by atoms with van der Waals surface area (Å²) in [5.41, 5.74) is 2.67. The predicted molar refractivity (Wildman–Crippen MR) is 112 cm³/mol. The number of H-pyrrole nitrogens is 1. The summed E-state index contributed by atoms with van der Waals surface area (Å²) < 4.78 is 12.7. The third kappa shape index (κ3) is 4.92. The SMILES string of the molecule is COCCn1nnnc1CN(Cc1cc2cc(C)ccc2[nH]c1=O)C[C@H]1CCCO1. The van der Waals surface area contributed by atoms with Crippen molar-refractivity contribution in [3.8, 4) is 0 Å². The van der Waals surface area contributed by atoms with Gasteiger partial charge in [0.15, 0.2) is 5.82 Å². The quantitative estimate of drug-likeness (QED) is 0.571. The lowest BCUT2D eigenvalue weighted by Crippen LogP contribution is -2.34. The first-order valence-corrected chi connectivity index (χ1v) is 10.3. The van der Waals surface area contributed by atoms with Gasteiger partial charge in [0.05, 0.1) is 25.8 Å². The highest BCUT2D eigenvalue weighted by atomic mass is 16.5. The molecule has 1 saturated heterocycles. The molecule has 2 aromatic heterocycles. The molecule has 4 rings (SSSR count). The molecule has 1 fully saturated rings. The van der Waals surface area contributed by atoms with Gasteiger partial charge in [0.25, 0.3) is 5.56 Å². The van der Waals surface area contributed by atoms with Gasteiger partial charge in [0.2, 0.25) is 0 Å². The van der Waals surface area contributed by atoms with Gasteiger partial charge in [-0.1, -0.05) is 11.6 Å². The molecule has 1 atom stereocenters. The number of aromatic amines is 1. The zero-order valence-electron chi connectivity index (χ0n) is 17.5. The Hall–Kier alpha value is -2.62. The molecule has 9 heteroatoms. The average Bonchev–Trinajstić information content (AvgIpc) is 3.39. The fourth-order valence-corrected chi connectivity index (χ4v) is 3.88. The van der Waals surface area contributed by atoms with Crippen molar-refractivity contribution in [1.82, 2.24) is 30.1 Å². The number of hydrogen-bond acceptors (Lipinski definition) is 7. The highest BCUT2D eigenvalue weighted by Gasteiger charge is 2.22. The Labute approximate surface area is 175 Å². The van der Waals surface area contributed by atoms with E-state index in [0.29, 0.717) is 26.2 Å². The Morgan fingerprint density at radius 2 is 2.23 bits per heavy atom. The Balaban J connectivity index is 1.58. The van der Waals surface area contributed by atoms with Crippen LogP contribution in [0.5, 0.6) is 0 Å². The topological polar surface area (TPSA) is 98.2 Å². The average molecular weight is 412 g/mol. The molecule has 9 nitrogen and oxygen atoms in total. The Kier molecular flexibility index (Phi) is 6.51. The normalized spacial score (nSPS) is 16.7. The molecule has 3 heterocycles. The standard InChI is InChI=1S/C21H28N6O3/c1-15-5-6-19-16(10-15)11-17(21(28)22-19)12-26(13-18-4-3-8-30-18)14-20-23-24-25-27(20)7-9-29-2/h5-6,10-11,18H,3-4,7-9,12-14H2,1-2H3,(H,22,28)/t18-/m1/s1. The second-order valence-electron chi connectivity index (χ2n) is 7.83. The number of hydrogen-bond donors (Lipinski definition) is 1. The van der Waals surface area contributed by atoms with Crippen LogP contribution in [0.2, 0.25) is 0 Å². The van der Waals surface area contributed by atoms with Crippen molar-refractivity contribution in [3.05, 3.63) is 51.6 Å². The summed E-state index contributed by atoms with van der Waals surface area (Å²) in [5.74, 6) is 0.748. The smallest absolute Gasteiger partial charge is 0.252 e. The monoisotopic (exact) mass is 412 g/mol. The number of benzene rings is 1. The van der Waals surface area contributed by atoms with E-state index in [9.17, 15) is 4.79 Å². The van der Waals surface area contributed by atoms with Crippen LogP contribution in [0.1, 0.15) is 29.8 Å². The van der Waals surface area contributed by atoms with E-state index in [2.05, 4.69) is 31.5 Å². The molecule has 3 aromatic rings. The van der Waals surface area contributed by atoms with Crippen LogP contribution in [0.4, 0.5) is 0 Å². The van der Waals surface area contributed by atoms with Crippen LogP contribution < -0.4 is 5.56 Å². The molecule has 0 unspecified atom stereocenters. The maximum atomic E-state index is 12.7. The number of nitrogens with zero attached hydrogens (tertiary/aromatic N) is 5. The number of pyridine rings is 1. The molecule has 0 amide bonds. The third-order valence-electron chi connectivity index (χ3n) is 5.43. The number of tetrazole rings is 1. The second kappa shape index (κ2) is 9.46. The van der Waals surface area contributed by atoms with Crippen molar-refractivity contribution in [2.45, 2.75) is 45.5 Å². The summed E-state index contributed by atoms with van der Waals surface area (Å²) in [6.07, 6.45) is 2.26. The molecule has 160 valence electrons. The van der Waals surface area contributed by atoms with Gasteiger partial charge in [0, 0.05) is 37.9 Å². The molecule has 30 heavy (non-hydrogen) atoms. The van der Waals surface area contributed by atoms with Gasteiger partial charge in [-0.25, -0.2) is 4.68 Å². The third-order valence-corrected chi connectivity index (χ3v) is 5.43. The Bertz CT molecular complexity index is 1040. The molecule has 1 N–H and O–H groups in total. The van der Waals surface area contributed by atoms with Crippen LogP contribution in [0.25, 0.3) is 10.9 Å². The largest absolute Gasteiger partial charge is 0.383 e. The molecular weight excluding hydrogens is 384 g/mol. The molecule has 0 aliphatic carbocycles. The van der Waals surface area contributed by atoms with Crippen molar-refractivity contribution in [1.29, 1.82) is 0 Å². The zero-order valence-corrected chi connectivity index (χ0v) is 17.5. The van der Waals surface area contributed by atoms with Crippen LogP contribution in [-0.2, 0) is 29.1 Å². The number of methoxy groups -OCH3 is 1. The van der Waals surface area contributed by atoms with Gasteiger partial charge in [-0.2, -0.15) is 0 Å². The van der Waals surface area contributed by atoms with Crippen LogP contribution in [-0.4, -0.2) is 63.1 Å². The van der Waals surface area contributed by atoms with E-state index in [1.54, 1.807) is 11.8 Å². The minimum atomic E-state index is -0.0670. The molecule has 1 aliphatic heterocycles. The van der Waals surface area contributed by atoms with Gasteiger partial charge >= 0.3 is 0 Å². The lowest BCUT2D eigenvalue weighted by molar-refractivity contribution is 0.0660. The first-order valence-electron chi connectivity index (χ1n) is 10.3. The predicted octanol–water partition coefficient (Wildman–Crippen LogP) is 1.65. The van der Waals surface area contributed by atoms with Crippen molar-refractivity contribution in [2.75, 3.05) is 26.9 Å². The number of aryl methyl sites for hydroxylation is 1. The summed E-state index contributed by atoms with van der Waals surface area (Å²) in [6.45, 7) is 5.71. The van der Waals surface area contributed by atoms with E-state index in [1.807, 2.05) is 25.1 Å². The zero-order chi connectivity index (χ0) is 20.9. The summed E-state index contributed by atoms with van der Waals surface area (Å²) in [7, 11) is 1.65. The first-order chi connectivity index (χ1) is 14.6. The first kappa shape index (κ1) is 20.6. The fourth-order valence-electron chi connectivity index (χ4n) is 3.88. The van der Waals surface area contributed by atoms with Gasteiger partial charge in [-0.05, 0) is 53.8 Å². The molecule has 0 spiro atoms. The molecule has 1 aliphatic rings. The number of aromatic nitrogens is 5. The molecule has 0 radical (unpaired) electrons. The van der Waals surface area contributed by atoms with E-state index >= 15 is 0 Å². The Morgan fingerprint density at radius 3 is 3.03 bits per heavy atom. The Morgan fingerprint density at radius 1 is 1.33 bits per heavy atom. The highest BCUT2D eigenvalue weighted by Crippen LogP contribution is 2.18. The lowest BCUT2D eigenvalue weighted by atomic mass is 10.1. The molecular formula is C21H28N6O3. The van der Waals surface area contributed by atoms with Crippen LogP contribution in [0.3, 0.4) is 0 Å². The van der Waals surface area contributed by atoms with E-state index in [-0.39, 0.29) is 11.7 Å². The lowest BCUT2D eigenvalue weighted by Gasteiger charge is -2.24. The highest BCUT2D eigenvalue weighted by molar-refractivity contribution is 5.79. The van der Waals surface area contributed by atoms with Crippen LogP contribution in [0.15, 0.2) is 29.1 Å². The molecule has 1 aromatic carbocycles. The van der Waals surface area contributed by atoms with Crippen LogP contribution in [0, 0.1) is 6.92 Å². The second-order valence-corrected chi connectivity index (χ2v) is 7.83.